The third-order valence-corrected chi connectivity index (χ3v) is 5.43. The largest absolute Gasteiger partial charge is 0.484 e. The second-order valence-corrected chi connectivity index (χ2v) is 7.69. The summed E-state index contributed by atoms with van der Waals surface area (Å²) in [6.45, 7) is 5.86. The Morgan fingerprint density at radius 1 is 1.18 bits per heavy atom. The lowest BCUT2D eigenvalue weighted by atomic mass is 9.74. The van der Waals surface area contributed by atoms with Gasteiger partial charge in [-0.05, 0) is 54.2 Å². The molecule has 1 fully saturated rings. The molecule has 0 unspecified atom stereocenters. The first-order chi connectivity index (χ1) is 13.5. The van der Waals surface area contributed by atoms with Crippen molar-refractivity contribution in [3.63, 3.8) is 0 Å². The number of nitrogens with one attached hydrogen (secondary N) is 1. The van der Waals surface area contributed by atoms with Crippen LogP contribution in [0.1, 0.15) is 43.7 Å². The molecule has 150 valence electrons. The average molecular weight is 385 g/mol. The zero-order valence-corrected chi connectivity index (χ0v) is 16.5. The molecule has 1 aliphatic heterocycles. The first-order valence-corrected chi connectivity index (χ1v) is 9.82. The molecule has 1 saturated heterocycles. The highest BCUT2D eigenvalue weighted by Crippen LogP contribution is 2.34. The first kappa shape index (κ1) is 20.3. The van der Waals surface area contributed by atoms with E-state index in [1.807, 2.05) is 30.3 Å². The highest BCUT2D eigenvalue weighted by molar-refractivity contribution is 5.77. The predicted octanol–water partition coefficient (Wildman–Crippen LogP) is 4.19. The van der Waals surface area contributed by atoms with Crippen LogP contribution >= 0.6 is 0 Å². The van der Waals surface area contributed by atoms with E-state index in [0.29, 0.717) is 31.4 Å². The third kappa shape index (κ3) is 5.10. The van der Waals surface area contributed by atoms with Crippen molar-refractivity contribution >= 4 is 5.91 Å². The van der Waals surface area contributed by atoms with Gasteiger partial charge in [-0.3, -0.25) is 4.79 Å². The van der Waals surface area contributed by atoms with Crippen molar-refractivity contribution in [2.75, 3.05) is 26.4 Å². The van der Waals surface area contributed by atoms with Crippen LogP contribution in [0, 0.1) is 5.82 Å². The van der Waals surface area contributed by atoms with Crippen molar-refractivity contribution in [1.82, 2.24) is 5.32 Å². The van der Waals surface area contributed by atoms with Gasteiger partial charge in [-0.2, -0.15) is 0 Å². The molecular weight excluding hydrogens is 357 g/mol. The van der Waals surface area contributed by atoms with Crippen molar-refractivity contribution in [2.45, 2.75) is 38.0 Å². The van der Waals surface area contributed by atoms with Crippen LogP contribution in [0.3, 0.4) is 0 Å². The van der Waals surface area contributed by atoms with E-state index in [4.69, 9.17) is 9.47 Å². The maximum Gasteiger partial charge on any atom is 0.257 e. The predicted molar refractivity (Wildman–Crippen MR) is 107 cm³/mol. The molecule has 0 saturated carbocycles. The van der Waals surface area contributed by atoms with Gasteiger partial charge in [0.25, 0.3) is 5.91 Å². The molecule has 0 atom stereocenters. The summed E-state index contributed by atoms with van der Waals surface area (Å²) in [4.78, 5) is 12.3. The number of hydrogen-bond acceptors (Lipinski definition) is 3. The van der Waals surface area contributed by atoms with E-state index < -0.39 is 0 Å². The second-order valence-electron chi connectivity index (χ2n) is 7.69. The molecule has 2 aromatic rings. The topological polar surface area (TPSA) is 47.6 Å². The van der Waals surface area contributed by atoms with Gasteiger partial charge in [-0.1, -0.05) is 38.1 Å². The van der Waals surface area contributed by atoms with Crippen LogP contribution in [0.4, 0.5) is 4.39 Å². The summed E-state index contributed by atoms with van der Waals surface area (Å²) in [6.07, 6.45) is 1.49. The third-order valence-electron chi connectivity index (χ3n) is 5.43. The molecule has 4 nitrogen and oxygen atoms in total. The summed E-state index contributed by atoms with van der Waals surface area (Å²) in [7, 11) is 0. The fraction of sp³-hybridized carbons (Fsp3) is 0.435. The maximum absolute atomic E-state index is 13.7. The summed E-state index contributed by atoms with van der Waals surface area (Å²) in [6, 6.07) is 14.4. The number of rotatable bonds is 7. The number of carbonyl (C=O) groups is 1. The van der Waals surface area contributed by atoms with Crippen LogP contribution in [0.2, 0.25) is 0 Å². The van der Waals surface area contributed by atoms with Crippen LogP contribution in [-0.2, 0) is 14.9 Å². The normalized spacial score (nSPS) is 16.0. The van der Waals surface area contributed by atoms with Crippen LogP contribution < -0.4 is 10.1 Å². The van der Waals surface area contributed by atoms with Gasteiger partial charge in [0.2, 0.25) is 0 Å². The molecule has 1 aliphatic rings. The monoisotopic (exact) mass is 385 g/mol. The van der Waals surface area contributed by atoms with Gasteiger partial charge in [0.1, 0.15) is 11.6 Å². The van der Waals surface area contributed by atoms with Crippen LogP contribution in [0.25, 0.3) is 0 Å². The number of carbonyl (C=O) groups excluding carboxylic acids is 1. The Kier molecular flexibility index (Phi) is 6.68. The number of amides is 1. The highest BCUT2D eigenvalue weighted by Gasteiger charge is 2.35. The van der Waals surface area contributed by atoms with Gasteiger partial charge < -0.3 is 14.8 Å². The van der Waals surface area contributed by atoms with Crippen LogP contribution in [0.5, 0.6) is 5.75 Å². The quantitative estimate of drug-likeness (QED) is 0.777. The molecule has 1 N–H and O–H groups in total. The van der Waals surface area contributed by atoms with Gasteiger partial charge in [-0.15, -0.1) is 0 Å². The Bertz CT molecular complexity index is 783. The molecule has 1 heterocycles. The minimum atomic E-state index is -0.311. The van der Waals surface area contributed by atoms with E-state index in [2.05, 4.69) is 19.2 Å². The van der Waals surface area contributed by atoms with E-state index in [1.54, 1.807) is 12.1 Å². The summed E-state index contributed by atoms with van der Waals surface area (Å²) in [5, 5.41) is 2.97. The maximum atomic E-state index is 13.7. The van der Waals surface area contributed by atoms with E-state index in [0.717, 1.165) is 18.4 Å². The van der Waals surface area contributed by atoms with Gasteiger partial charge in [-0.25, -0.2) is 4.39 Å². The molecular formula is C23H28FNO3. The smallest absolute Gasteiger partial charge is 0.257 e. The summed E-state index contributed by atoms with van der Waals surface area (Å²) in [5.74, 6) is 0.680. The van der Waals surface area contributed by atoms with Crippen LogP contribution in [0.15, 0.2) is 48.5 Å². The lowest BCUT2D eigenvalue weighted by molar-refractivity contribution is -0.123. The Balaban J connectivity index is 1.58. The van der Waals surface area contributed by atoms with Gasteiger partial charge >= 0.3 is 0 Å². The number of halogens is 1. The highest BCUT2D eigenvalue weighted by atomic mass is 19.1. The molecule has 0 aliphatic carbocycles. The van der Waals surface area contributed by atoms with E-state index in [-0.39, 0.29) is 23.7 Å². The second kappa shape index (κ2) is 9.20. The SMILES string of the molecule is CC(C)c1ccc(OCC(=O)NCC2(c3cccc(F)c3)CCOCC2)cc1. The number of benzene rings is 2. The molecule has 28 heavy (non-hydrogen) atoms. The van der Waals surface area contributed by atoms with Crippen LogP contribution in [-0.4, -0.2) is 32.3 Å². The summed E-state index contributed by atoms with van der Waals surface area (Å²) < 4.78 is 24.8. The van der Waals surface area contributed by atoms with Crippen molar-refractivity contribution in [2.24, 2.45) is 0 Å². The van der Waals surface area contributed by atoms with Gasteiger partial charge in [0, 0.05) is 25.2 Å². The number of ether oxygens (including phenoxy) is 2. The molecule has 3 rings (SSSR count). The first-order valence-electron chi connectivity index (χ1n) is 9.82. The Hall–Kier alpha value is -2.40. The number of hydrogen-bond donors (Lipinski definition) is 1. The fourth-order valence-electron chi connectivity index (χ4n) is 3.56. The zero-order chi connectivity index (χ0) is 20.0. The Morgan fingerprint density at radius 3 is 2.54 bits per heavy atom. The van der Waals surface area contributed by atoms with E-state index in [1.165, 1.54) is 11.6 Å². The lowest BCUT2D eigenvalue weighted by Crippen LogP contribution is -2.45. The van der Waals surface area contributed by atoms with Gasteiger partial charge in [0.15, 0.2) is 6.61 Å². The average Bonchev–Trinajstić information content (AvgIpc) is 2.72. The molecule has 5 heteroatoms. The van der Waals surface area contributed by atoms with Gasteiger partial charge in [0.05, 0.1) is 0 Å². The fourth-order valence-corrected chi connectivity index (χ4v) is 3.56. The minimum Gasteiger partial charge on any atom is -0.484 e. The standard InChI is InChI=1S/C23H28FNO3/c1-17(2)18-6-8-21(9-7-18)28-15-22(26)25-16-23(10-12-27-13-11-23)19-4-3-5-20(24)14-19/h3-9,14,17H,10-13,15-16H2,1-2H3,(H,25,26). The molecule has 0 aromatic heterocycles. The Morgan fingerprint density at radius 2 is 1.89 bits per heavy atom. The lowest BCUT2D eigenvalue weighted by Gasteiger charge is -2.38. The molecule has 1 amide bonds. The molecule has 2 aromatic carbocycles. The van der Waals surface area contributed by atoms with Crippen molar-refractivity contribution < 1.29 is 18.7 Å². The van der Waals surface area contributed by atoms with E-state index >= 15 is 0 Å². The Labute approximate surface area is 166 Å². The zero-order valence-electron chi connectivity index (χ0n) is 16.5. The molecule has 0 spiro atoms. The van der Waals surface area contributed by atoms with Crippen molar-refractivity contribution in [1.29, 1.82) is 0 Å². The van der Waals surface area contributed by atoms with Crippen molar-refractivity contribution in [3.8, 4) is 5.75 Å². The van der Waals surface area contributed by atoms with Crippen molar-refractivity contribution in [3.05, 3.63) is 65.5 Å². The summed E-state index contributed by atoms with van der Waals surface area (Å²) in [5.41, 5.74) is 1.82. The molecule has 0 bridgehead atoms. The minimum absolute atomic E-state index is 0.0449. The van der Waals surface area contributed by atoms with E-state index in [9.17, 15) is 9.18 Å². The summed E-state index contributed by atoms with van der Waals surface area (Å²) >= 11 is 0. The molecule has 0 radical (unpaired) electrons.